The highest BCUT2D eigenvalue weighted by Crippen LogP contribution is 2.34. The quantitative estimate of drug-likeness (QED) is 0.150. The van der Waals surface area contributed by atoms with Crippen LogP contribution in [0, 0.1) is 5.53 Å². The largest absolute Gasteiger partial charge is 0.573 e. The first-order valence-corrected chi connectivity index (χ1v) is 13.5. The van der Waals surface area contributed by atoms with Gasteiger partial charge in [-0.25, -0.2) is 10.3 Å². The zero-order valence-electron chi connectivity index (χ0n) is 22.7. The number of guanidine groups is 1. The Bertz CT molecular complexity index is 1420. The molecule has 42 heavy (non-hydrogen) atoms. The molecule has 0 bridgehead atoms. The normalized spacial score (nSPS) is 14.2. The van der Waals surface area contributed by atoms with Gasteiger partial charge in [-0.05, 0) is 60.2 Å². The standard InChI is InChI=1S/C30H31F3N6O3/c31-30(32,33)42-26-9-5-4-8-24(26)18-36-29(41)39(25-16-14-22(15-17-25)21-6-2-1-3-7-21)19-20-10-12-23(13-11-20)27(40)37-28(34)38-35/h4-5,8-17,21,35H,1-3,6-7,18-19H2,(H,36,41)(H2,34,37,40). The maximum absolute atomic E-state index is 13.5. The highest BCUT2D eigenvalue weighted by atomic mass is 19.4. The summed E-state index contributed by atoms with van der Waals surface area (Å²) < 4.78 is 42.7. The summed E-state index contributed by atoms with van der Waals surface area (Å²) in [4.78, 5) is 30.7. The van der Waals surface area contributed by atoms with Crippen molar-refractivity contribution in [2.75, 3.05) is 4.90 Å². The van der Waals surface area contributed by atoms with Gasteiger partial charge in [0.1, 0.15) is 5.75 Å². The number of nitrogens with two attached hydrogens (primary N) is 1. The lowest BCUT2D eigenvalue weighted by molar-refractivity contribution is -0.274. The number of nitrogens with zero attached hydrogens (tertiary/aromatic N) is 3. The predicted octanol–water partition coefficient (Wildman–Crippen LogP) is 7.04. The Morgan fingerprint density at radius 2 is 1.64 bits per heavy atom. The Kier molecular flexibility index (Phi) is 9.89. The second-order valence-electron chi connectivity index (χ2n) is 9.91. The van der Waals surface area contributed by atoms with E-state index in [-0.39, 0.29) is 24.2 Å². The molecule has 0 saturated heterocycles. The molecule has 1 fully saturated rings. The van der Waals surface area contributed by atoms with Gasteiger partial charge in [0.05, 0.1) is 6.54 Å². The van der Waals surface area contributed by atoms with Crippen LogP contribution in [0.1, 0.15) is 65.1 Å². The number of benzene rings is 3. The molecule has 4 rings (SSSR count). The SMILES string of the molecule is N=NC(N)=NC(=O)c1ccc(CN(C(=O)NCc2ccccc2OC(F)(F)F)c2ccc(C3CCCCC3)cc2)cc1. The highest BCUT2D eigenvalue weighted by molar-refractivity contribution is 6.02. The van der Waals surface area contributed by atoms with Crippen molar-refractivity contribution in [3.63, 3.8) is 0 Å². The van der Waals surface area contributed by atoms with Gasteiger partial charge in [0.15, 0.2) is 0 Å². The number of nitrogens with one attached hydrogen (secondary N) is 2. The van der Waals surface area contributed by atoms with Crippen molar-refractivity contribution in [1.29, 1.82) is 5.53 Å². The second-order valence-corrected chi connectivity index (χ2v) is 9.91. The first-order valence-electron chi connectivity index (χ1n) is 13.5. The van der Waals surface area contributed by atoms with Crippen LogP contribution in [0.15, 0.2) is 82.9 Å². The second kappa shape index (κ2) is 13.7. The molecular formula is C30H31F3N6O3. The lowest BCUT2D eigenvalue weighted by Gasteiger charge is -2.26. The monoisotopic (exact) mass is 580 g/mol. The van der Waals surface area contributed by atoms with E-state index in [0.717, 1.165) is 12.8 Å². The molecule has 0 unspecified atom stereocenters. The predicted molar refractivity (Wildman–Crippen MR) is 151 cm³/mol. The van der Waals surface area contributed by atoms with Crippen molar-refractivity contribution in [3.8, 4) is 5.75 Å². The summed E-state index contributed by atoms with van der Waals surface area (Å²) in [6.45, 7) is -0.0904. The van der Waals surface area contributed by atoms with Crippen molar-refractivity contribution in [2.45, 2.75) is 57.5 Å². The number of hydrogen-bond donors (Lipinski definition) is 3. The van der Waals surface area contributed by atoms with Gasteiger partial charge in [-0.1, -0.05) is 61.7 Å². The maximum atomic E-state index is 13.5. The minimum Gasteiger partial charge on any atom is -0.405 e. The molecule has 1 aliphatic rings. The van der Waals surface area contributed by atoms with E-state index in [4.69, 9.17) is 11.3 Å². The minimum atomic E-state index is -4.87. The first kappa shape index (κ1) is 30.2. The number of hydrogen-bond acceptors (Lipinski definition) is 4. The zero-order chi connectivity index (χ0) is 30.1. The Hall–Kier alpha value is -4.74. The lowest BCUT2D eigenvalue weighted by Crippen LogP contribution is -2.39. The summed E-state index contributed by atoms with van der Waals surface area (Å²) in [5.41, 5.74) is 15.0. The topological polar surface area (TPSA) is 133 Å². The molecule has 1 saturated carbocycles. The number of para-hydroxylation sites is 1. The number of halogens is 3. The number of amides is 3. The number of aliphatic imine (C=N–C) groups is 1. The van der Waals surface area contributed by atoms with Gasteiger partial charge in [0.2, 0.25) is 5.96 Å². The lowest BCUT2D eigenvalue weighted by atomic mass is 9.84. The minimum absolute atomic E-state index is 0.108. The third-order valence-corrected chi connectivity index (χ3v) is 7.03. The Morgan fingerprint density at radius 1 is 0.976 bits per heavy atom. The fourth-order valence-electron chi connectivity index (χ4n) is 4.91. The molecule has 1 aliphatic carbocycles. The third kappa shape index (κ3) is 8.38. The summed E-state index contributed by atoms with van der Waals surface area (Å²) in [6, 6.07) is 19.2. The average molecular weight is 581 g/mol. The van der Waals surface area contributed by atoms with E-state index in [9.17, 15) is 22.8 Å². The van der Waals surface area contributed by atoms with Crippen LogP contribution >= 0.6 is 0 Å². The number of urea groups is 1. The van der Waals surface area contributed by atoms with Crippen molar-refractivity contribution in [2.24, 2.45) is 15.8 Å². The van der Waals surface area contributed by atoms with E-state index in [1.54, 1.807) is 18.2 Å². The number of carbonyl (C=O) groups excluding carboxylic acids is 2. The van der Waals surface area contributed by atoms with Crippen molar-refractivity contribution >= 4 is 23.6 Å². The van der Waals surface area contributed by atoms with Gasteiger partial charge >= 0.3 is 12.4 Å². The summed E-state index contributed by atoms with van der Waals surface area (Å²) in [5.74, 6) is -1.05. The van der Waals surface area contributed by atoms with Gasteiger partial charge in [0.25, 0.3) is 5.91 Å². The van der Waals surface area contributed by atoms with E-state index in [2.05, 4.69) is 20.2 Å². The van der Waals surface area contributed by atoms with Gasteiger partial charge in [-0.15, -0.1) is 18.3 Å². The van der Waals surface area contributed by atoms with Gasteiger partial charge in [-0.3, -0.25) is 9.69 Å². The molecule has 0 spiro atoms. The van der Waals surface area contributed by atoms with E-state index in [1.165, 1.54) is 60.1 Å². The molecule has 220 valence electrons. The molecule has 0 radical (unpaired) electrons. The van der Waals surface area contributed by atoms with Crippen LogP contribution < -0.4 is 20.7 Å². The molecule has 3 amide bonds. The Morgan fingerprint density at radius 3 is 2.29 bits per heavy atom. The van der Waals surface area contributed by atoms with E-state index in [1.807, 2.05) is 24.3 Å². The first-order chi connectivity index (χ1) is 20.1. The third-order valence-electron chi connectivity index (χ3n) is 7.03. The smallest absolute Gasteiger partial charge is 0.405 e. The van der Waals surface area contributed by atoms with Crippen LogP contribution in [0.3, 0.4) is 0 Å². The van der Waals surface area contributed by atoms with Crippen LogP contribution in [0.25, 0.3) is 0 Å². The van der Waals surface area contributed by atoms with Crippen LogP contribution in [0.4, 0.5) is 23.7 Å². The van der Waals surface area contributed by atoms with Crippen LogP contribution in [0.2, 0.25) is 0 Å². The molecule has 0 aliphatic heterocycles. The molecule has 3 aromatic rings. The molecule has 0 heterocycles. The molecule has 0 aromatic heterocycles. The van der Waals surface area contributed by atoms with Gasteiger partial charge in [-0.2, -0.15) is 4.99 Å². The number of rotatable bonds is 8. The summed E-state index contributed by atoms with van der Waals surface area (Å²) in [6.07, 6.45) is 0.999. The van der Waals surface area contributed by atoms with E-state index in [0.29, 0.717) is 17.2 Å². The molecule has 4 N–H and O–H groups in total. The highest BCUT2D eigenvalue weighted by Gasteiger charge is 2.32. The Balaban J connectivity index is 1.55. The summed E-state index contributed by atoms with van der Waals surface area (Å²) in [7, 11) is 0. The van der Waals surface area contributed by atoms with Crippen molar-refractivity contribution < 1.29 is 27.5 Å². The molecule has 3 aromatic carbocycles. The Labute approximate surface area is 241 Å². The van der Waals surface area contributed by atoms with Crippen LogP contribution in [-0.2, 0) is 13.1 Å². The molecule has 9 nitrogen and oxygen atoms in total. The van der Waals surface area contributed by atoms with Crippen LogP contribution in [0.5, 0.6) is 5.75 Å². The molecular weight excluding hydrogens is 549 g/mol. The van der Waals surface area contributed by atoms with Gasteiger partial charge < -0.3 is 15.8 Å². The summed E-state index contributed by atoms with van der Waals surface area (Å²) in [5, 5.41) is 5.61. The number of anilines is 1. The van der Waals surface area contributed by atoms with Crippen molar-refractivity contribution in [1.82, 2.24) is 5.32 Å². The average Bonchev–Trinajstić information content (AvgIpc) is 2.99. The molecule has 12 heteroatoms. The van der Waals surface area contributed by atoms with Gasteiger partial charge in [0, 0.05) is 23.4 Å². The van der Waals surface area contributed by atoms with Crippen molar-refractivity contribution in [3.05, 3.63) is 95.1 Å². The maximum Gasteiger partial charge on any atom is 0.573 e. The van der Waals surface area contributed by atoms with E-state index >= 15 is 0 Å². The number of carbonyl (C=O) groups is 2. The van der Waals surface area contributed by atoms with E-state index < -0.39 is 30.0 Å². The van der Waals surface area contributed by atoms with Crippen LogP contribution in [-0.4, -0.2) is 24.3 Å². The number of ether oxygens (including phenoxy) is 1. The fourth-order valence-corrected chi connectivity index (χ4v) is 4.91. The number of alkyl halides is 3. The zero-order valence-corrected chi connectivity index (χ0v) is 22.7. The molecule has 0 atom stereocenters. The summed E-state index contributed by atoms with van der Waals surface area (Å²) >= 11 is 0. The fraction of sp³-hybridized carbons (Fsp3) is 0.300.